The molecule has 1 aromatic carbocycles. The number of ether oxygens (including phenoxy) is 1. The topological polar surface area (TPSA) is 77.2 Å². The van der Waals surface area contributed by atoms with Gasteiger partial charge in [-0.25, -0.2) is 14.4 Å². The van der Waals surface area contributed by atoms with Crippen molar-refractivity contribution in [3.63, 3.8) is 0 Å². The van der Waals surface area contributed by atoms with Crippen LogP contribution in [0, 0.1) is 19.7 Å². The Bertz CT molecular complexity index is 887. The summed E-state index contributed by atoms with van der Waals surface area (Å²) in [5.41, 5.74) is 1.18. The standard InChI is InChI=1S/C18H18FN3O3S/c1-11-12(2)26-17(21-11)7-8-20-18(23)14-9-25-16(22-14)10-24-15-6-4-3-5-13(15)19/h3-6,9H,7-8,10H2,1-2H3,(H,20,23). The highest BCUT2D eigenvalue weighted by atomic mass is 32.1. The number of carbonyl (C=O) groups excluding carboxylic acids is 1. The van der Waals surface area contributed by atoms with Gasteiger partial charge in [0.1, 0.15) is 6.26 Å². The number of para-hydroxylation sites is 1. The van der Waals surface area contributed by atoms with Crippen molar-refractivity contribution in [1.29, 1.82) is 0 Å². The first kappa shape index (κ1) is 18.1. The van der Waals surface area contributed by atoms with Gasteiger partial charge in [0, 0.05) is 17.8 Å². The van der Waals surface area contributed by atoms with Gasteiger partial charge >= 0.3 is 0 Å². The monoisotopic (exact) mass is 375 g/mol. The molecular weight excluding hydrogens is 357 g/mol. The van der Waals surface area contributed by atoms with Gasteiger partial charge in [0.2, 0.25) is 5.89 Å². The molecule has 2 aromatic heterocycles. The van der Waals surface area contributed by atoms with Crippen molar-refractivity contribution in [2.24, 2.45) is 0 Å². The minimum Gasteiger partial charge on any atom is -0.481 e. The van der Waals surface area contributed by atoms with Crippen molar-refractivity contribution >= 4 is 17.2 Å². The van der Waals surface area contributed by atoms with E-state index >= 15 is 0 Å². The largest absolute Gasteiger partial charge is 0.481 e. The normalized spacial score (nSPS) is 10.7. The van der Waals surface area contributed by atoms with E-state index in [-0.39, 0.29) is 29.8 Å². The molecule has 0 radical (unpaired) electrons. The van der Waals surface area contributed by atoms with E-state index in [1.807, 2.05) is 13.8 Å². The second-order valence-corrected chi connectivity index (χ2v) is 6.89. The molecule has 0 atom stereocenters. The van der Waals surface area contributed by atoms with Gasteiger partial charge in [0.15, 0.2) is 23.9 Å². The molecule has 1 N–H and O–H groups in total. The van der Waals surface area contributed by atoms with Crippen LogP contribution in [0.15, 0.2) is 34.9 Å². The van der Waals surface area contributed by atoms with Crippen molar-refractivity contribution in [1.82, 2.24) is 15.3 Å². The molecule has 8 heteroatoms. The first-order valence-electron chi connectivity index (χ1n) is 8.06. The van der Waals surface area contributed by atoms with E-state index in [4.69, 9.17) is 9.15 Å². The fourth-order valence-electron chi connectivity index (χ4n) is 2.20. The summed E-state index contributed by atoms with van der Waals surface area (Å²) in [7, 11) is 0. The quantitative estimate of drug-likeness (QED) is 0.684. The highest BCUT2D eigenvalue weighted by Crippen LogP contribution is 2.17. The third-order valence-corrected chi connectivity index (χ3v) is 4.80. The molecule has 0 aliphatic carbocycles. The number of halogens is 1. The third-order valence-electron chi connectivity index (χ3n) is 3.67. The zero-order valence-corrected chi connectivity index (χ0v) is 15.2. The molecular formula is C18H18FN3O3S. The van der Waals surface area contributed by atoms with Crippen LogP contribution in [0.25, 0.3) is 0 Å². The molecule has 0 spiro atoms. The van der Waals surface area contributed by atoms with Crippen LogP contribution in [0.2, 0.25) is 0 Å². The number of aryl methyl sites for hydroxylation is 2. The molecule has 0 saturated heterocycles. The first-order valence-corrected chi connectivity index (χ1v) is 8.87. The average molecular weight is 375 g/mol. The van der Waals surface area contributed by atoms with E-state index < -0.39 is 5.82 Å². The summed E-state index contributed by atoms with van der Waals surface area (Å²) < 4.78 is 24.0. The average Bonchev–Trinajstić information content (AvgIpc) is 3.21. The third kappa shape index (κ3) is 4.45. The number of amides is 1. The fraction of sp³-hybridized carbons (Fsp3) is 0.278. The molecule has 0 fully saturated rings. The summed E-state index contributed by atoms with van der Waals surface area (Å²) in [6.07, 6.45) is 1.92. The van der Waals surface area contributed by atoms with Crippen LogP contribution in [0.3, 0.4) is 0 Å². The molecule has 3 rings (SSSR count). The van der Waals surface area contributed by atoms with Gasteiger partial charge in [-0.05, 0) is 26.0 Å². The maximum absolute atomic E-state index is 13.5. The lowest BCUT2D eigenvalue weighted by atomic mass is 10.3. The predicted molar refractivity (Wildman–Crippen MR) is 94.9 cm³/mol. The second-order valence-electron chi connectivity index (χ2n) is 5.60. The number of oxazole rings is 1. The van der Waals surface area contributed by atoms with Crippen molar-refractivity contribution in [2.45, 2.75) is 26.9 Å². The van der Waals surface area contributed by atoms with Gasteiger partial charge in [-0.15, -0.1) is 11.3 Å². The molecule has 0 saturated carbocycles. The van der Waals surface area contributed by atoms with E-state index in [0.717, 1.165) is 10.7 Å². The molecule has 1 amide bonds. The molecule has 0 unspecified atom stereocenters. The van der Waals surface area contributed by atoms with E-state index in [1.165, 1.54) is 23.3 Å². The minimum atomic E-state index is -0.468. The molecule has 136 valence electrons. The number of carbonyl (C=O) groups is 1. The zero-order chi connectivity index (χ0) is 18.5. The number of nitrogens with zero attached hydrogens (tertiary/aromatic N) is 2. The minimum absolute atomic E-state index is 0.0636. The number of aromatic nitrogens is 2. The lowest BCUT2D eigenvalue weighted by Crippen LogP contribution is -2.26. The summed E-state index contributed by atoms with van der Waals surface area (Å²) in [6.45, 7) is 4.38. The van der Waals surface area contributed by atoms with Crippen molar-refractivity contribution in [3.8, 4) is 5.75 Å². The smallest absolute Gasteiger partial charge is 0.273 e. The number of thiazole rings is 1. The maximum atomic E-state index is 13.5. The Morgan fingerprint density at radius 2 is 2.12 bits per heavy atom. The molecule has 3 aromatic rings. The van der Waals surface area contributed by atoms with Crippen LogP contribution < -0.4 is 10.1 Å². The van der Waals surface area contributed by atoms with Crippen LogP contribution in [0.4, 0.5) is 4.39 Å². The van der Waals surface area contributed by atoms with Crippen LogP contribution in [-0.2, 0) is 13.0 Å². The van der Waals surface area contributed by atoms with Gasteiger partial charge in [-0.1, -0.05) is 12.1 Å². The van der Waals surface area contributed by atoms with Crippen LogP contribution in [0.5, 0.6) is 5.75 Å². The van der Waals surface area contributed by atoms with Gasteiger partial charge < -0.3 is 14.5 Å². The first-order chi connectivity index (χ1) is 12.5. The highest BCUT2D eigenvalue weighted by Gasteiger charge is 2.13. The number of hydrogen-bond acceptors (Lipinski definition) is 6. The maximum Gasteiger partial charge on any atom is 0.273 e. The Morgan fingerprint density at radius 3 is 2.85 bits per heavy atom. The van der Waals surface area contributed by atoms with Gasteiger partial charge in [-0.3, -0.25) is 4.79 Å². The SMILES string of the molecule is Cc1nc(CCNC(=O)c2coc(COc3ccccc3F)n2)sc1C. The summed E-state index contributed by atoms with van der Waals surface area (Å²) >= 11 is 1.63. The lowest BCUT2D eigenvalue weighted by molar-refractivity contribution is 0.0949. The molecule has 0 aliphatic heterocycles. The van der Waals surface area contributed by atoms with E-state index in [2.05, 4.69) is 15.3 Å². The Labute approximate surface area is 154 Å². The summed E-state index contributed by atoms with van der Waals surface area (Å²) in [4.78, 5) is 21.8. The zero-order valence-electron chi connectivity index (χ0n) is 14.4. The van der Waals surface area contributed by atoms with E-state index in [0.29, 0.717) is 13.0 Å². The van der Waals surface area contributed by atoms with Crippen molar-refractivity contribution in [2.75, 3.05) is 6.54 Å². The number of nitrogens with one attached hydrogen (secondary N) is 1. The lowest BCUT2D eigenvalue weighted by Gasteiger charge is -2.03. The summed E-state index contributed by atoms with van der Waals surface area (Å²) in [6, 6.07) is 6.05. The van der Waals surface area contributed by atoms with Gasteiger partial charge in [-0.2, -0.15) is 0 Å². The predicted octanol–water partition coefficient (Wildman–Crippen LogP) is 3.44. The van der Waals surface area contributed by atoms with E-state index in [1.54, 1.807) is 23.5 Å². The number of rotatable bonds is 7. The van der Waals surface area contributed by atoms with Gasteiger partial charge in [0.05, 0.1) is 10.7 Å². The molecule has 6 nitrogen and oxygen atoms in total. The Balaban J connectivity index is 1.49. The van der Waals surface area contributed by atoms with Crippen molar-refractivity contribution in [3.05, 3.63) is 63.5 Å². The molecule has 26 heavy (non-hydrogen) atoms. The Hall–Kier alpha value is -2.74. The van der Waals surface area contributed by atoms with Crippen LogP contribution in [0.1, 0.15) is 32.0 Å². The van der Waals surface area contributed by atoms with Crippen LogP contribution in [-0.4, -0.2) is 22.4 Å². The Kier molecular flexibility index (Phi) is 5.62. The number of hydrogen-bond donors (Lipinski definition) is 1. The summed E-state index contributed by atoms with van der Waals surface area (Å²) in [5.74, 6) is -0.504. The number of benzene rings is 1. The molecule has 0 aliphatic rings. The molecule has 0 bridgehead atoms. The fourth-order valence-corrected chi connectivity index (χ4v) is 3.14. The molecule has 2 heterocycles. The highest BCUT2D eigenvalue weighted by molar-refractivity contribution is 7.11. The second kappa shape index (κ2) is 8.09. The van der Waals surface area contributed by atoms with Crippen LogP contribution >= 0.6 is 11.3 Å². The summed E-state index contributed by atoms with van der Waals surface area (Å²) in [5, 5.41) is 3.76. The van der Waals surface area contributed by atoms with E-state index in [9.17, 15) is 9.18 Å². The Morgan fingerprint density at radius 1 is 1.31 bits per heavy atom. The van der Waals surface area contributed by atoms with Gasteiger partial charge in [0.25, 0.3) is 5.91 Å². The van der Waals surface area contributed by atoms with Crippen molar-refractivity contribution < 1.29 is 18.3 Å².